The maximum absolute atomic E-state index is 12.1. The Morgan fingerprint density at radius 2 is 1.92 bits per heavy atom. The molecule has 0 saturated carbocycles. The molecular formula is C15H21Cl3N4O2. The summed E-state index contributed by atoms with van der Waals surface area (Å²) in [5, 5.41) is 6.59. The number of rotatable bonds is 5. The van der Waals surface area contributed by atoms with Crippen LogP contribution >= 0.6 is 35.6 Å². The van der Waals surface area contributed by atoms with Gasteiger partial charge in [-0.05, 0) is 19.2 Å². The van der Waals surface area contributed by atoms with Crippen molar-refractivity contribution in [1.29, 1.82) is 0 Å². The van der Waals surface area contributed by atoms with Crippen molar-refractivity contribution in [1.82, 2.24) is 15.1 Å². The number of carbonyl (C=O) groups is 2. The predicted octanol–water partition coefficient (Wildman–Crippen LogP) is 1.72. The first kappa shape index (κ1) is 21.0. The summed E-state index contributed by atoms with van der Waals surface area (Å²) < 4.78 is 0. The highest BCUT2D eigenvalue weighted by Gasteiger charge is 2.19. The molecule has 2 N–H and O–H groups in total. The Kier molecular flexibility index (Phi) is 8.80. The number of piperazine rings is 1. The number of benzene rings is 1. The van der Waals surface area contributed by atoms with Crippen LogP contribution in [0.1, 0.15) is 0 Å². The van der Waals surface area contributed by atoms with E-state index in [0.717, 1.165) is 13.1 Å². The van der Waals surface area contributed by atoms with Gasteiger partial charge in [-0.2, -0.15) is 0 Å². The van der Waals surface area contributed by atoms with Gasteiger partial charge < -0.3 is 15.5 Å². The maximum atomic E-state index is 12.1. The Hall–Kier alpha value is -1.05. The molecule has 6 nitrogen and oxygen atoms in total. The smallest absolute Gasteiger partial charge is 0.238 e. The quantitative estimate of drug-likeness (QED) is 0.797. The fourth-order valence-corrected chi connectivity index (χ4v) is 2.68. The summed E-state index contributed by atoms with van der Waals surface area (Å²) in [5.41, 5.74) is 0.464. The summed E-state index contributed by atoms with van der Waals surface area (Å²) in [5.74, 6) is -0.215. The molecule has 0 aromatic heterocycles. The van der Waals surface area contributed by atoms with Gasteiger partial charge in [0.15, 0.2) is 0 Å². The summed E-state index contributed by atoms with van der Waals surface area (Å²) in [6.45, 7) is 3.33. The van der Waals surface area contributed by atoms with Crippen molar-refractivity contribution in [3.8, 4) is 0 Å². The lowest BCUT2D eigenvalue weighted by Gasteiger charge is -2.29. The first-order valence-electron chi connectivity index (χ1n) is 7.38. The second kappa shape index (κ2) is 10.1. The average molecular weight is 396 g/mol. The Balaban J connectivity index is 0.00000288. The minimum Gasteiger partial charge on any atom is -0.339 e. The number of carbonyl (C=O) groups excluding carboxylic acids is 2. The highest BCUT2D eigenvalue weighted by molar-refractivity contribution is 6.44. The van der Waals surface area contributed by atoms with Gasteiger partial charge in [0.25, 0.3) is 0 Å². The molecule has 1 aromatic rings. The zero-order valence-corrected chi connectivity index (χ0v) is 15.7. The van der Waals surface area contributed by atoms with Gasteiger partial charge in [0.1, 0.15) is 0 Å². The van der Waals surface area contributed by atoms with Crippen molar-refractivity contribution in [3.63, 3.8) is 0 Å². The lowest BCUT2D eigenvalue weighted by Crippen LogP contribution is -2.49. The fourth-order valence-electron chi connectivity index (χ4n) is 2.34. The highest BCUT2D eigenvalue weighted by Crippen LogP contribution is 2.29. The van der Waals surface area contributed by atoms with Gasteiger partial charge in [-0.25, -0.2) is 0 Å². The molecule has 0 unspecified atom stereocenters. The molecule has 0 atom stereocenters. The molecule has 1 aromatic carbocycles. The minimum atomic E-state index is -0.246. The molecule has 134 valence electrons. The first-order valence-corrected chi connectivity index (χ1v) is 8.14. The van der Waals surface area contributed by atoms with E-state index in [0.29, 0.717) is 28.8 Å². The normalized spacial score (nSPS) is 14.2. The molecule has 0 radical (unpaired) electrons. The molecule has 0 aliphatic carbocycles. The zero-order valence-electron chi connectivity index (χ0n) is 13.3. The van der Waals surface area contributed by atoms with Crippen molar-refractivity contribution in [2.45, 2.75) is 0 Å². The van der Waals surface area contributed by atoms with Crippen LogP contribution in [0, 0.1) is 0 Å². The van der Waals surface area contributed by atoms with E-state index in [4.69, 9.17) is 23.2 Å². The number of hydrogen-bond acceptors (Lipinski definition) is 4. The van der Waals surface area contributed by atoms with E-state index in [1.807, 2.05) is 0 Å². The number of likely N-dealkylation sites (N-methyl/N-ethyl adjacent to an activating group) is 1. The maximum Gasteiger partial charge on any atom is 0.238 e. The Labute approximate surface area is 157 Å². The van der Waals surface area contributed by atoms with E-state index < -0.39 is 0 Å². The minimum absolute atomic E-state index is 0. The Bertz CT molecular complexity index is 580. The van der Waals surface area contributed by atoms with E-state index >= 15 is 0 Å². The van der Waals surface area contributed by atoms with Crippen molar-refractivity contribution in [2.24, 2.45) is 0 Å². The number of halogens is 3. The van der Waals surface area contributed by atoms with Gasteiger partial charge in [0.05, 0.1) is 28.8 Å². The van der Waals surface area contributed by atoms with Crippen LogP contribution in [-0.2, 0) is 9.59 Å². The monoisotopic (exact) mass is 394 g/mol. The summed E-state index contributed by atoms with van der Waals surface area (Å²) in [6.07, 6.45) is 0. The predicted molar refractivity (Wildman–Crippen MR) is 99.3 cm³/mol. The fraction of sp³-hybridized carbons (Fsp3) is 0.467. The van der Waals surface area contributed by atoms with Crippen LogP contribution in [0.3, 0.4) is 0 Å². The van der Waals surface area contributed by atoms with Gasteiger partial charge in [0, 0.05) is 26.2 Å². The molecule has 9 heteroatoms. The van der Waals surface area contributed by atoms with E-state index in [2.05, 4.69) is 10.6 Å². The average Bonchev–Trinajstić information content (AvgIpc) is 2.52. The van der Waals surface area contributed by atoms with E-state index in [1.165, 1.54) is 0 Å². The molecule has 1 saturated heterocycles. The SMILES string of the molecule is CN(CC(=O)Nc1cccc(Cl)c1Cl)CC(=O)N1CCNCC1.Cl. The van der Waals surface area contributed by atoms with Crippen LogP contribution in [-0.4, -0.2) is 67.9 Å². The van der Waals surface area contributed by atoms with Crippen molar-refractivity contribution >= 4 is 53.1 Å². The molecule has 0 bridgehead atoms. The molecular weight excluding hydrogens is 375 g/mol. The largest absolute Gasteiger partial charge is 0.339 e. The molecule has 1 fully saturated rings. The second-order valence-electron chi connectivity index (χ2n) is 5.45. The van der Waals surface area contributed by atoms with Gasteiger partial charge in [0.2, 0.25) is 11.8 Å². The van der Waals surface area contributed by atoms with Crippen molar-refractivity contribution in [2.75, 3.05) is 51.6 Å². The molecule has 2 rings (SSSR count). The number of hydrogen-bond donors (Lipinski definition) is 2. The van der Waals surface area contributed by atoms with Gasteiger partial charge in [-0.15, -0.1) is 12.4 Å². The lowest BCUT2D eigenvalue weighted by atomic mass is 10.3. The van der Waals surface area contributed by atoms with Gasteiger partial charge in [-0.3, -0.25) is 14.5 Å². The third-order valence-electron chi connectivity index (χ3n) is 3.51. The van der Waals surface area contributed by atoms with E-state index in [1.54, 1.807) is 35.0 Å². The van der Waals surface area contributed by atoms with Crippen LogP contribution in [0.25, 0.3) is 0 Å². The first-order chi connectivity index (χ1) is 11.0. The van der Waals surface area contributed by atoms with Crippen LogP contribution in [0.4, 0.5) is 5.69 Å². The topological polar surface area (TPSA) is 64.7 Å². The van der Waals surface area contributed by atoms with Crippen LogP contribution in [0.5, 0.6) is 0 Å². The molecule has 1 aliphatic heterocycles. The lowest BCUT2D eigenvalue weighted by molar-refractivity contribution is -0.133. The summed E-state index contributed by atoms with van der Waals surface area (Å²) in [4.78, 5) is 27.7. The van der Waals surface area contributed by atoms with Crippen LogP contribution < -0.4 is 10.6 Å². The Morgan fingerprint density at radius 1 is 1.25 bits per heavy atom. The highest BCUT2D eigenvalue weighted by atomic mass is 35.5. The number of anilines is 1. The number of nitrogens with zero attached hydrogens (tertiary/aromatic N) is 2. The summed E-state index contributed by atoms with van der Waals surface area (Å²) in [6, 6.07) is 5.04. The summed E-state index contributed by atoms with van der Waals surface area (Å²) in [7, 11) is 1.74. The van der Waals surface area contributed by atoms with E-state index in [-0.39, 0.29) is 37.3 Å². The molecule has 1 heterocycles. The van der Waals surface area contributed by atoms with Crippen molar-refractivity contribution < 1.29 is 9.59 Å². The number of amides is 2. The molecule has 2 amide bonds. The Morgan fingerprint density at radius 3 is 2.58 bits per heavy atom. The van der Waals surface area contributed by atoms with Crippen LogP contribution in [0.15, 0.2) is 18.2 Å². The van der Waals surface area contributed by atoms with Crippen LogP contribution in [0.2, 0.25) is 10.0 Å². The van der Waals surface area contributed by atoms with Gasteiger partial charge in [-0.1, -0.05) is 29.3 Å². The van der Waals surface area contributed by atoms with Gasteiger partial charge >= 0.3 is 0 Å². The second-order valence-corrected chi connectivity index (χ2v) is 6.24. The zero-order chi connectivity index (χ0) is 16.8. The third kappa shape index (κ3) is 6.11. The molecule has 24 heavy (non-hydrogen) atoms. The number of nitrogens with one attached hydrogen (secondary N) is 2. The van der Waals surface area contributed by atoms with E-state index in [9.17, 15) is 9.59 Å². The molecule has 0 spiro atoms. The molecule has 1 aliphatic rings. The summed E-state index contributed by atoms with van der Waals surface area (Å²) >= 11 is 11.9. The third-order valence-corrected chi connectivity index (χ3v) is 4.33. The van der Waals surface area contributed by atoms with Crippen molar-refractivity contribution in [3.05, 3.63) is 28.2 Å². The standard InChI is InChI=1S/C15H20Cl2N4O2.ClH/c1-20(10-14(23)21-7-5-18-6-8-21)9-13(22)19-12-4-2-3-11(16)15(12)17;/h2-4,18H,5-10H2,1H3,(H,19,22);1H.